The normalized spacial score (nSPS) is 12.1. The molecule has 74 valence electrons. The third-order valence-electron chi connectivity index (χ3n) is 1.91. The maximum atomic E-state index is 11.0. The van der Waals surface area contributed by atoms with Crippen LogP contribution in [-0.2, 0) is 17.1 Å². The average molecular weight is 212 g/mol. The average Bonchev–Trinajstić information content (AvgIpc) is 2.46. The van der Waals surface area contributed by atoms with E-state index in [2.05, 4.69) is 10.3 Å². The quantitative estimate of drug-likeness (QED) is 0.697. The SMILES string of the molecule is Cn1nnc2cc(S(N)(=O)=O)ccc21. The van der Waals surface area contributed by atoms with Gasteiger partial charge in [0.15, 0.2) is 0 Å². The molecule has 14 heavy (non-hydrogen) atoms. The molecule has 1 aromatic carbocycles. The zero-order valence-electron chi connectivity index (χ0n) is 7.38. The van der Waals surface area contributed by atoms with Gasteiger partial charge in [-0.25, -0.2) is 18.2 Å². The van der Waals surface area contributed by atoms with Gasteiger partial charge < -0.3 is 0 Å². The van der Waals surface area contributed by atoms with Crippen LogP contribution >= 0.6 is 0 Å². The Morgan fingerprint density at radius 2 is 2.14 bits per heavy atom. The third-order valence-corrected chi connectivity index (χ3v) is 2.82. The molecule has 0 atom stereocenters. The van der Waals surface area contributed by atoms with Gasteiger partial charge in [-0.3, -0.25) is 0 Å². The molecule has 0 amide bonds. The fraction of sp³-hybridized carbons (Fsp3) is 0.143. The number of hydrogen-bond donors (Lipinski definition) is 1. The Kier molecular flexibility index (Phi) is 1.79. The highest BCUT2D eigenvalue weighted by molar-refractivity contribution is 7.89. The zero-order chi connectivity index (χ0) is 10.3. The minimum atomic E-state index is -3.66. The van der Waals surface area contributed by atoms with Crippen molar-refractivity contribution in [3.05, 3.63) is 18.2 Å². The molecule has 0 saturated heterocycles. The van der Waals surface area contributed by atoms with Gasteiger partial charge in [-0.05, 0) is 18.2 Å². The molecule has 0 radical (unpaired) electrons. The standard InChI is InChI=1S/C7H8N4O2S/c1-11-7-3-2-5(14(8,12)13)4-6(7)9-10-11/h2-4H,1H3,(H2,8,12,13). The lowest BCUT2D eigenvalue weighted by atomic mass is 10.3. The summed E-state index contributed by atoms with van der Waals surface area (Å²) in [6, 6.07) is 4.45. The molecular formula is C7H8N4O2S. The number of aryl methyl sites for hydroxylation is 1. The fourth-order valence-corrected chi connectivity index (χ4v) is 1.73. The summed E-state index contributed by atoms with van der Waals surface area (Å²) in [5.41, 5.74) is 1.27. The van der Waals surface area contributed by atoms with Crippen LogP contribution in [0, 0.1) is 0 Å². The van der Waals surface area contributed by atoms with Crippen molar-refractivity contribution < 1.29 is 8.42 Å². The van der Waals surface area contributed by atoms with Crippen LogP contribution in [0.5, 0.6) is 0 Å². The number of aromatic nitrogens is 3. The van der Waals surface area contributed by atoms with E-state index in [1.165, 1.54) is 12.1 Å². The molecule has 0 unspecified atom stereocenters. The second-order valence-electron chi connectivity index (χ2n) is 2.91. The molecule has 0 fully saturated rings. The Morgan fingerprint density at radius 1 is 1.43 bits per heavy atom. The van der Waals surface area contributed by atoms with E-state index in [9.17, 15) is 8.42 Å². The van der Waals surface area contributed by atoms with Gasteiger partial charge in [-0.15, -0.1) is 5.10 Å². The molecule has 1 heterocycles. The zero-order valence-corrected chi connectivity index (χ0v) is 8.19. The van der Waals surface area contributed by atoms with Crippen molar-refractivity contribution >= 4 is 21.1 Å². The Bertz CT molecular complexity index is 587. The summed E-state index contributed by atoms with van der Waals surface area (Å²) in [6.45, 7) is 0. The van der Waals surface area contributed by atoms with Gasteiger partial charge in [-0.2, -0.15) is 0 Å². The molecule has 0 aliphatic rings. The van der Waals surface area contributed by atoms with Crippen LogP contribution < -0.4 is 5.14 Å². The Morgan fingerprint density at radius 3 is 2.79 bits per heavy atom. The van der Waals surface area contributed by atoms with Crippen molar-refractivity contribution in [2.24, 2.45) is 12.2 Å². The maximum absolute atomic E-state index is 11.0. The van der Waals surface area contributed by atoms with E-state index in [4.69, 9.17) is 5.14 Å². The fourth-order valence-electron chi connectivity index (χ4n) is 1.20. The third kappa shape index (κ3) is 1.36. The van der Waals surface area contributed by atoms with Crippen LogP contribution in [-0.4, -0.2) is 23.4 Å². The predicted octanol–water partition coefficient (Wildman–Crippen LogP) is -0.384. The predicted molar refractivity (Wildman–Crippen MR) is 49.9 cm³/mol. The van der Waals surface area contributed by atoms with Crippen LogP contribution in [0.2, 0.25) is 0 Å². The maximum Gasteiger partial charge on any atom is 0.238 e. The summed E-state index contributed by atoms with van der Waals surface area (Å²) < 4.78 is 23.6. The first-order valence-electron chi connectivity index (χ1n) is 3.81. The van der Waals surface area contributed by atoms with Crippen LogP contribution in [0.4, 0.5) is 0 Å². The highest BCUT2D eigenvalue weighted by Crippen LogP contribution is 2.14. The van der Waals surface area contributed by atoms with Gasteiger partial charge in [0, 0.05) is 7.05 Å². The molecular weight excluding hydrogens is 204 g/mol. The van der Waals surface area contributed by atoms with Crippen molar-refractivity contribution in [1.82, 2.24) is 15.0 Å². The monoisotopic (exact) mass is 212 g/mol. The summed E-state index contributed by atoms with van der Waals surface area (Å²) in [5.74, 6) is 0. The van der Waals surface area contributed by atoms with Crippen LogP contribution in [0.25, 0.3) is 11.0 Å². The minimum absolute atomic E-state index is 0.0468. The number of hydrogen-bond acceptors (Lipinski definition) is 4. The molecule has 2 rings (SSSR count). The highest BCUT2D eigenvalue weighted by Gasteiger charge is 2.10. The van der Waals surface area contributed by atoms with Gasteiger partial charge in [0.25, 0.3) is 0 Å². The molecule has 7 heteroatoms. The number of sulfonamides is 1. The summed E-state index contributed by atoms with van der Waals surface area (Å²) in [4.78, 5) is 0.0468. The lowest BCUT2D eigenvalue weighted by Gasteiger charge is -1.96. The number of nitrogens with two attached hydrogens (primary N) is 1. The van der Waals surface area contributed by atoms with Crippen LogP contribution in [0.3, 0.4) is 0 Å². The summed E-state index contributed by atoms with van der Waals surface area (Å²) in [7, 11) is -1.93. The number of rotatable bonds is 1. The van der Waals surface area contributed by atoms with Gasteiger partial charge in [-0.1, -0.05) is 5.21 Å². The highest BCUT2D eigenvalue weighted by atomic mass is 32.2. The second kappa shape index (κ2) is 2.76. The number of primary sulfonamides is 1. The van der Waals surface area contributed by atoms with Crippen molar-refractivity contribution in [3.63, 3.8) is 0 Å². The lowest BCUT2D eigenvalue weighted by Crippen LogP contribution is -2.11. The van der Waals surface area contributed by atoms with Crippen molar-refractivity contribution in [1.29, 1.82) is 0 Å². The largest absolute Gasteiger partial charge is 0.248 e. The van der Waals surface area contributed by atoms with Gasteiger partial charge in [0.2, 0.25) is 10.0 Å². The summed E-state index contributed by atoms with van der Waals surface area (Å²) in [5, 5.41) is 12.5. The van der Waals surface area contributed by atoms with E-state index in [0.717, 1.165) is 5.52 Å². The first-order chi connectivity index (χ1) is 6.48. The molecule has 2 N–H and O–H groups in total. The molecule has 0 spiro atoms. The van der Waals surface area contributed by atoms with E-state index >= 15 is 0 Å². The number of benzene rings is 1. The summed E-state index contributed by atoms with van der Waals surface area (Å²) in [6.07, 6.45) is 0. The Balaban J connectivity index is 2.76. The van der Waals surface area contributed by atoms with Crippen molar-refractivity contribution in [3.8, 4) is 0 Å². The Hall–Kier alpha value is -1.47. The van der Waals surface area contributed by atoms with E-state index in [-0.39, 0.29) is 4.90 Å². The van der Waals surface area contributed by atoms with Gasteiger partial charge in [0.1, 0.15) is 5.52 Å². The van der Waals surface area contributed by atoms with E-state index < -0.39 is 10.0 Å². The lowest BCUT2D eigenvalue weighted by molar-refractivity contribution is 0.598. The molecule has 6 nitrogen and oxygen atoms in total. The Labute approximate surface area is 80.4 Å². The second-order valence-corrected chi connectivity index (χ2v) is 4.47. The van der Waals surface area contributed by atoms with Gasteiger partial charge in [0.05, 0.1) is 10.4 Å². The number of nitrogens with zero attached hydrogens (tertiary/aromatic N) is 3. The van der Waals surface area contributed by atoms with Crippen molar-refractivity contribution in [2.45, 2.75) is 4.90 Å². The smallest absolute Gasteiger partial charge is 0.238 e. The molecule has 2 aromatic rings. The van der Waals surface area contributed by atoms with E-state index in [1.807, 2.05) is 0 Å². The topological polar surface area (TPSA) is 90.9 Å². The van der Waals surface area contributed by atoms with E-state index in [1.54, 1.807) is 17.8 Å². The van der Waals surface area contributed by atoms with Crippen LogP contribution in [0.1, 0.15) is 0 Å². The van der Waals surface area contributed by atoms with Crippen molar-refractivity contribution in [2.75, 3.05) is 0 Å². The molecule has 0 aliphatic carbocycles. The number of fused-ring (bicyclic) bond motifs is 1. The van der Waals surface area contributed by atoms with Crippen LogP contribution in [0.15, 0.2) is 23.1 Å². The molecule has 0 saturated carbocycles. The summed E-state index contributed by atoms with van der Waals surface area (Å²) >= 11 is 0. The molecule has 1 aromatic heterocycles. The first kappa shape index (κ1) is 9.10. The molecule has 0 aliphatic heterocycles. The van der Waals surface area contributed by atoms with E-state index in [0.29, 0.717) is 5.52 Å². The first-order valence-corrected chi connectivity index (χ1v) is 5.35. The minimum Gasteiger partial charge on any atom is -0.248 e. The van der Waals surface area contributed by atoms with Gasteiger partial charge >= 0.3 is 0 Å². The molecule has 0 bridgehead atoms.